The molecule has 2 aromatic carbocycles. The Hall–Kier alpha value is -3.04. The lowest BCUT2D eigenvalue weighted by molar-refractivity contribution is -0.143. The summed E-state index contributed by atoms with van der Waals surface area (Å²) in [6.45, 7) is 0.109. The number of hydrogen-bond donors (Lipinski definition) is 1. The summed E-state index contributed by atoms with van der Waals surface area (Å²) in [6, 6.07) is 18.8. The molecule has 1 aliphatic rings. The first-order valence-corrected chi connectivity index (χ1v) is 8.63. The van der Waals surface area contributed by atoms with Crippen molar-refractivity contribution < 1.29 is 14.3 Å². The molecule has 0 spiro atoms. The van der Waals surface area contributed by atoms with Gasteiger partial charge in [-0.2, -0.15) is 5.26 Å². The summed E-state index contributed by atoms with van der Waals surface area (Å²) < 4.78 is 11.6. The Bertz CT molecular complexity index is 912. The number of halogens is 1. The Morgan fingerprint density at radius 1 is 1.19 bits per heavy atom. The number of esters is 1. The number of nitriles is 1. The van der Waals surface area contributed by atoms with Gasteiger partial charge in [-0.1, -0.05) is 58.4 Å². The predicted molar refractivity (Wildman–Crippen MR) is 99.1 cm³/mol. The van der Waals surface area contributed by atoms with Crippen LogP contribution in [0.3, 0.4) is 0 Å². The van der Waals surface area contributed by atoms with Gasteiger partial charge in [-0.15, -0.1) is 0 Å². The van der Waals surface area contributed by atoms with Crippen LogP contribution < -0.4 is 5.73 Å². The van der Waals surface area contributed by atoms with Crippen molar-refractivity contribution in [3.63, 3.8) is 0 Å². The van der Waals surface area contributed by atoms with Crippen LogP contribution in [0.1, 0.15) is 17.0 Å². The first-order chi connectivity index (χ1) is 12.6. The quantitative estimate of drug-likeness (QED) is 0.772. The maximum absolute atomic E-state index is 12.4. The molecule has 0 aliphatic carbocycles. The molecule has 0 fully saturated rings. The standard InChI is InChI=1S/C20H15BrN2O3/c21-15-8-6-13(7-9-15)12-25-20(24)18-10-16(14-4-2-1-3-5-14)17(11-22)19(23)26-18/h1-10,16H,12,23H2/t16-/m1/s1. The average molecular weight is 411 g/mol. The van der Waals surface area contributed by atoms with E-state index in [-0.39, 0.29) is 23.8 Å². The number of hydrogen-bond acceptors (Lipinski definition) is 5. The highest BCUT2D eigenvalue weighted by atomic mass is 79.9. The van der Waals surface area contributed by atoms with Gasteiger partial charge in [0.1, 0.15) is 18.2 Å². The smallest absolute Gasteiger partial charge is 0.374 e. The molecule has 0 amide bonds. The van der Waals surface area contributed by atoms with E-state index in [2.05, 4.69) is 22.0 Å². The van der Waals surface area contributed by atoms with E-state index in [9.17, 15) is 10.1 Å². The Balaban J connectivity index is 1.78. The minimum atomic E-state index is -0.631. The van der Waals surface area contributed by atoms with Crippen LogP contribution in [0.25, 0.3) is 0 Å². The van der Waals surface area contributed by atoms with Gasteiger partial charge in [-0.05, 0) is 29.3 Å². The third kappa shape index (κ3) is 3.95. The first kappa shape index (κ1) is 17.8. The second kappa shape index (κ2) is 7.89. The largest absolute Gasteiger partial charge is 0.455 e. The van der Waals surface area contributed by atoms with E-state index in [0.717, 1.165) is 15.6 Å². The zero-order chi connectivity index (χ0) is 18.5. The third-order valence-electron chi connectivity index (χ3n) is 3.88. The summed E-state index contributed by atoms with van der Waals surface area (Å²) in [5, 5.41) is 9.38. The van der Waals surface area contributed by atoms with Crippen molar-refractivity contribution in [2.24, 2.45) is 5.73 Å². The van der Waals surface area contributed by atoms with Crippen LogP contribution >= 0.6 is 15.9 Å². The van der Waals surface area contributed by atoms with Gasteiger partial charge in [-0.3, -0.25) is 0 Å². The van der Waals surface area contributed by atoms with Crippen LogP contribution in [0.2, 0.25) is 0 Å². The molecule has 2 aromatic rings. The van der Waals surface area contributed by atoms with Gasteiger partial charge in [0.2, 0.25) is 11.6 Å². The third-order valence-corrected chi connectivity index (χ3v) is 4.41. The van der Waals surface area contributed by atoms with Gasteiger partial charge in [0.25, 0.3) is 0 Å². The molecule has 5 nitrogen and oxygen atoms in total. The molecular formula is C20H15BrN2O3. The zero-order valence-corrected chi connectivity index (χ0v) is 15.3. The van der Waals surface area contributed by atoms with E-state index in [0.29, 0.717) is 0 Å². The van der Waals surface area contributed by atoms with E-state index in [1.807, 2.05) is 54.6 Å². The molecular weight excluding hydrogens is 396 g/mol. The molecule has 0 unspecified atom stereocenters. The van der Waals surface area contributed by atoms with Gasteiger partial charge < -0.3 is 15.2 Å². The van der Waals surface area contributed by atoms with Gasteiger partial charge >= 0.3 is 5.97 Å². The lowest BCUT2D eigenvalue weighted by atomic mass is 9.90. The van der Waals surface area contributed by atoms with Crippen molar-refractivity contribution in [2.45, 2.75) is 12.5 Å². The minimum Gasteiger partial charge on any atom is -0.455 e. The molecule has 1 aliphatic heterocycles. The second-order valence-electron chi connectivity index (χ2n) is 5.61. The van der Waals surface area contributed by atoms with Crippen molar-refractivity contribution in [3.05, 3.63) is 93.5 Å². The Labute approximate surface area is 159 Å². The molecule has 0 aromatic heterocycles. The fourth-order valence-corrected chi connectivity index (χ4v) is 2.82. The molecule has 26 heavy (non-hydrogen) atoms. The molecule has 1 heterocycles. The normalized spacial score (nSPS) is 16.3. The van der Waals surface area contributed by atoms with E-state index in [4.69, 9.17) is 15.2 Å². The molecule has 0 radical (unpaired) electrons. The number of ether oxygens (including phenoxy) is 2. The van der Waals surface area contributed by atoms with Gasteiger partial charge in [0, 0.05) is 10.4 Å². The van der Waals surface area contributed by atoms with Crippen molar-refractivity contribution in [1.29, 1.82) is 5.26 Å². The van der Waals surface area contributed by atoms with E-state index in [1.165, 1.54) is 0 Å². The van der Waals surface area contributed by atoms with Crippen LogP contribution in [0.4, 0.5) is 0 Å². The van der Waals surface area contributed by atoms with Gasteiger partial charge in [-0.25, -0.2) is 4.79 Å². The summed E-state index contributed by atoms with van der Waals surface area (Å²) >= 11 is 3.35. The fourth-order valence-electron chi connectivity index (χ4n) is 2.55. The number of allylic oxidation sites excluding steroid dienone is 2. The molecule has 6 heteroatoms. The zero-order valence-electron chi connectivity index (χ0n) is 13.7. The maximum atomic E-state index is 12.4. The molecule has 0 saturated heterocycles. The topological polar surface area (TPSA) is 85.3 Å². The van der Waals surface area contributed by atoms with Crippen LogP contribution in [0.15, 0.2) is 82.4 Å². The average Bonchev–Trinajstić information content (AvgIpc) is 2.67. The van der Waals surface area contributed by atoms with Crippen LogP contribution in [-0.2, 0) is 20.9 Å². The Morgan fingerprint density at radius 2 is 1.88 bits per heavy atom. The number of benzene rings is 2. The van der Waals surface area contributed by atoms with Crippen molar-refractivity contribution >= 4 is 21.9 Å². The highest BCUT2D eigenvalue weighted by molar-refractivity contribution is 9.10. The van der Waals surface area contributed by atoms with Crippen molar-refractivity contribution in [3.8, 4) is 6.07 Å². The molecule has 0 saturated carbocycles. The Morgan fingerprint density at radius 3 is 2.54 bits per heavy atom. The number of carbonyl (C=O) groups is 1. The fraction of sp³-hybridized carbons (Fsp3) is 0.100. The number of nitrogens with two attached hydrogens (primary N) is 1. The number of carbonyl (C=O) groups excluding carboxylic acids is 1. The molecule has 1 atom stereocenters. The summed E-state index contributed by atoms with van der Waals surface area (Å²) in [4.78, 5) is 12.4. The van der Waals surface area contributed by atoms with Gasteiger partial charge in [0.15, 0.2) is 0 Å². The monoisotopic (exact) mass is 410 g/mol. The SMILES string of the molecule is N#CC1=C(N)OC(C(=O)OCc2ccc(Br)cc2)=C[C@@H]1c1ccccc1. The van der Waals surface area contributed by atoms with E-state index >= 15 is 0 Å². The highest BCUT2D eigenvalue weighted by Gasteiger charge is 2.28. The van der Waals surface area contributed by atoms with Crippen LogP contribution in [0.5, 0.6) is 0 Å². The molecule has 130 valence electrons. The first-order valence-electron chi connectivity index (χ1n) is 7.84. The lowest BCUT2D eigenvalue weighted by Crippen LogP contribution is -2.21. The van der Waals surface area contributed by atoms with Crippen LogP contribution in [-0.4, -0.2) is 5.97 Å². The predicted octanol–water partition coefficient (Wildman–Crippen LogP) is 3.88. The molecule has 0 bridgehead atoms. The maximum Gasteiger partial charge on any atom is 0.374 e. The van der Waals surface area contributed by atoms with Crippen LogP contribution in [0, 0.1) is 11.3 Å². The summed E-state index contributed by atoms with van der Waals surface area (Å²) in [7, 11) is 0. The van der Waals surface area contributed by atoms with E-state index in [1.54, 1.807) is 6.08 Å². The summed E-state index contributed by atoms with van der Waals surface area (Å²) in [5.74, 6) is -1.19. The number of rotatable bonds is 4. The summed E-state index contributed by atoms with van der Waals surface area (Å²) in [5.41, 5.74) is 7.80. The van der Waals surface area contributed by atoms with Gasteiger partial charge in [0.05, 0.1) is 0 Å². The number of nitrogens with zero attached hydrogens (tertiary/aromatic N) is 1. The summed E-state index contributed by atoms with van der Waals surface area (Å²) in [6.07, 6.45) is 1.56. The van der Waals surface area contributed by atoms with E-state index < -0.39 is 11.9 Å². The molecule has 3 rings (SSSR count). The lowest BCUT2D eigenvalue weighted by Gasteiger charge is -2.22. The van der Waals surface area contributed by atoms with Crippen molar-refractivity contribution in [2.75, 3.05) is 0 Å². The highest BCUT2D eigenvalue weighted by Crippen LogP contribution is 2.33. The Kier molecular flexibility index (Phi) is 5.40. The second-order valence-corrected chi connectivity index (χ2v) is 6.53. The van der Waals surface area contributed by atoms with Crippen molar-refractivity contribution in [1.82, 2.24) is 0 Å². The molecule has 2 N–H and O–H groups in total. The minimum absolute atomic E-state index is 0.0209.